The van der Waals surface area contributed by atoms with Crippen LogP contribution in [0.25, 0.3) is 0 Å². The van der Waals surface area contributed by atoms with E-state index in [-0.39, 0.29) is 25.5 Å². The van der Waals surface area contributed by atoms with E-state index in [1.807, 2.05) is 0 Å². The second kappa shape index (κ2) is 6.00. The summed E-state index contributed by atoms with van der Waals surface area (Å²) in [6, 6.07) is 0. The number of carbonyl (C=O) groups excluding carboxylic acids is 1. The standard InChI is InChI=1S/C10H14N2O5/c1-16-8(14)6-12-7(3-4-13)5-11-9(17-2)10(12)15/h5,13H,3-4,6H2,1-2H3. The van der Waals surface area contributed by atoms with E-state index in [1.165, 1.54) is 25.0 Å². The minimum atomic E-state index is -0.556. The highest BCUT2D eigenvalue weighted by atomic mass is 16.5. The van der Waals surface area contributed by atoms with Crippen LogP contribution in [0.3, 0.4) is 0 Å². The van der Waals surface area contributed by atoms with E-state index in [1.54, 1.807) is 0 Å². The number of ether oxygens (including phenoxy) is 2. The third-order valence-corrected chi connectivity index (χ3v) is 2.18. The second-order valence-electron chi connectivity index (χ2n) is 3.20. The molecule has 0 bridgehead atoms. The van der Waals surface area contributed by atoms with Gasteiger partial charge in [0.05, 0.1) is 20.4 Å². The molecule has 0 atom stereocenters. The molecule has 0 aliphatic carbocycles. The van der Waals surface area contributed by atoms with E-state index in [0.29, 0.717) is 5.69 Å². The molecule has 0 aliphatic heterocycles. The van der Waals surface area contributed by atoms with Crippen LogP contribution < -0.4 is 10.3 Å². The van der Waals surface area contributed by atoms with Crippen LogP contribution in [0, 0.1) is 0 Å². The summed E-state index contributed by atoms with van der Waals surface area (Å²) in [5.74, 6) is -0.657. The third-order valence-electron chi connectivity index (χ3n) is 2.18. The number of methoxy groups -OCH3 is 2. The molecule has 0 aliphatic rings. The van der Waals surface area contributed by atoms with Crippen molar-refractivity contribution in [3.63, 3.8) is 0 Å². The Morgan fingerprint density at radius 1 is 1.53 bits per heavy atom. The van der Waals surface area contributed by atoms with Crippen LogP contribution in [0.15, 0.2) is 11.0 Å². The van der Waals surface area contributed by atoms with Crippen LogP contribution in [0.1, 0.15) is 5.69 Å². The second-order valence-corrected chi connectivity index (χ2v) is 3.20. The first-order valence-electron chi connectivity index (χ1n) is 4.94. The van der Waals surface area contributed by atoms with E-state index >= 15 is 0 Å². The molecule has 0 aromatic carbocycles. The molecule has 7 nitrogen and oxygen atoms in total. The maximum Gasteiger partial charge on any atom is 0.325 e. The summed E-state index contributed by atoms with van der Waals surface area (Å²) in [5, 5.41) is 8.86. The van der Waals surface area contributed by atoms with E-state index in [0.717, 1.165) is 0 Å². The van der Waals surface area contributed by atoms with Crippen molar-refractivity contribution in [2.45, 2.75) is 13.0 Å². The van der Waals surface area contributed by atoms with Gasteiger partial charge in [-0.05, 0) is 0 Å². The zero-order valence-electron chi connectivity index (χ0n) is 9.67. The number of carbonyl (C=O) groups is 1. The molecule has 1 N–H and O–H groups in total. The maximum atomic E-state index is 11.8. The minimum absolute atomic E-state index is 0.101. The molecule has 17 heavy (non-hydrogen) atoms. The van der Waals surface area contributed by atoms with Gasteiger partial charge in [-0.15, -0.1) is 0 Å². The minimum Gasteiger partial charge on any atom is -0.477 e. The molecule has 7 heteroatoms. The first kappa shape index (κ1) is 13.2. The Balaban J connectivity index is 3.19. The highest BCUT2D eigenvalue weighted by Crippen LogP contribution is 2.02. The van der Waals surface area contributed by atoms with Crippen molar-refractivity contribution in [1.82, 2.24) is 9.55 Å². The number of aromatic nitrogens is 2. The molecule has 0 radical (unpaired) electrons. The van der Waals surface area contributed by atoms with Gasteiger partial charge >= 0.3 is 11.5 Å². The first-order chi connectivity index (χ1) is 8.13. The lowest BCUT2D eigenvalue weighted by atomic mass is 10.3. The Kier molecular flexibility index (Phi) is 4.65. The molecule has 1 aromatic heterocycles. The van der Waals surface area contributed by atoms with Gasteiger partial charge < -0.3 is 14.6 Å². The average molecular weight is 242 g/mol. The summed E-state index contributed by atoms with van der Waals surface area (Å²) >= 11 is 0. The Morgan fingerprint density at radius 3 is 2.76 bits per heavy atom. The molecule has 0 spiro atoms. The van der Waals surface area contributed by atoms with Crippen LogP contribution in [0.2, 0.25) is 0 Å². The highest BCUT2D eigenvalue weighted by molar-refractivity contribution is 5.69. The Morgan fingerprint density at radius 2 is 2.24 bits per heavy atom. The zero-order chi connectivity index (χ0) is 12.8. The number of aliphatic hydroxyl groups excluding tert-OH is 1. The highest BCUT2D eigenvalue weighted by Gasteiger charge is 2.13. The number of hydrogen-bond donors (Lipinski definition) is 1. The Labute approximate surface area is 97.6 Å². The van der Waals surface area contributed by atoms with Gasteiger partial charge in [0, 0.05) is 18.7 Å². The summed E-state index contributed by atoms with van der Waals surface area (Å²) < 4.78 is 10.4. The number of esters is 1. The van der Waals surface area contributed by atoms with Gasteiger partial charge in [-0.2, -0.15) is 0 Å². The summed E-state index contributed by atoms with van der Waals surface area (Å²) in [5.41, 5.74) is -0.0763. The van der Waals surface area contributed by atoms with E-state index in [4.69, 9.17) is 9.84 Å². The van der Waals surface area contributed by atoms with Crippen molar-refractivity contribution in [2.24, 2.45) is 0 Å². The molecule has 94 valence electrons. The Hall–Kier alpha value is -1.89. The molecule has 0 unspecified atom stereocenters. The van der Waals surface area contributed by atoms with Crippen LogP contribution in [0.4, 0.5) is 0 Å². The Bertz CT molecular complexity index is 454. The third kappa shape index (κ3) is 3.04. The summed E-state index contributed by atoms with van der Waals surface area (Å²) in [6.07, 6.45) is 1.61. The van der Waals surface area contributed by atoms with Gasteiger partial charge in [0.25, 0.3) is 5.88 Å². The quantitative estimate of drug-likeness (QED) is 0.663. The molecule has 1 rings (SSSR count). The smallest absolute Gasteiger partial charge is 0.325 e. The van der Waals surface area contributed by atoms with Crippen molar-refractivity contribution in [2.75, 3.05) is 20.8 Å². The van der Waals surface area contributed by atoms with Crippen LogP contribution in [0.5, 0.6) is 5.88 Å². The zero-order valence-corrected chi connectivity index (χ0v) is 9.67. The van der Waals surface area contributed by atoms with Crippen LogP contribution in [-0.4, -0.2) is 41.5 Å². The van der Waals surface area contributed by atoms with Gasteiger partial charge in [0.15, 0.2) is 0 Å². The topological polar surface area (TPSA) is 90.7 Å². The van der Waals surface area contributed by atoms with Gasteiger partial charge in [0.1, 0.15) is 6.54 Å². The molecule has 1 heterocycles. The van der Waals surface area contributed by atoms with Crippen molar-refractivity contribution in [1.29, 1.82) is 0 Å². The maximum absolute atomic E-state index is 11.8. The lowest BCUT2D eigenvalue weighted by molar-refractivity contribution is -0.141. The fourth-order valence-corrected chi connectivity index (χ4v) is 1.33. The normalized spacial score (nSPS) is 10.1. The van der Waals surface area contributed by atoms with Gasteiger partial charge in [-0.3, -0.25) is 14.2 Å². The lowest BCUT2D eigenvalue weighted by Gasteiger charge is -2.11. The number of aliphatic hydroxyl groups is 1. The summed E-state index contributed by atoms with van der Waals surface area (Å²) in [4.78, 5) is 26.8. The fraction of sp³-hybridized carbons (Fsp3) is 0.500. The van der Waals surface area contributed by atoms with E-state index < -0.39 is 11.5 Å². The average Bonchev–Trinajstić information content (AvgIpc) is 2.34. The van der Waals surface area contributed by atoms with Crippen molar-refractivity contribution < 1.29 is 19.4 Å². The van der Waals surface area contributed by atoms with Crippen LogP contribution >= 0.6 is 0 Å². The van der Waals surface area contributed by atoms with E-state index in [2.05, 4.69) is 9.72 Å². The predicted molar refractivity (Wildman–Crippen MR) is 57.9 cm³/mol. The predicted octanol–water partition coefficient (Wildman–Crippen LogP) is -1.04. The summed E-state index contributed by atoms with van der Waals surface area (Å²) in [6.45, 7) is -0.377. The molecule has 0 amide bonds. The largest absolute Gasteiger partial charge is 0.477 e. The lowest BCUT2D eigenvalue weighted by Crippen LogP contribution is -2.29. The summed E-state index contributed by atoms with van der Waals surface area (Å²) in [7, 11) is 2.55. The molecule has 1 aromatic rings. The number of rotatable bonds is 5. The van der Waals surface area contributed by atoms with Crippen molar-refractivity contribution >= 4 is 5.97 Å². The molecule has 0 saturated carbocycles. The van der Waals surface area contributed by atoms with Gasteiger partial charge in [-0.25, -0.2) is 4.98 Å². The van der Waals surface area contributed by atoms with Crippen molar-refractivity contribution in [3.8, 4) is 5.88 Å². The molecular formula is C10H14N2O5. The number of nitrogens with zero attached hydrogens (tertiary/aromatic N) is 2. The van der Waals surface area contributed by atoms with Crippen LogP contribution in [-0.2, 0) is 22.5 Å². The molecule has 0 saturated heterocycles. The fourth-order valence-electron chi connectivity index (χ4n) is 1.33. The van der Waals surface area contributed by atoms with E-state index in [9.17, 15) is 9.59 Å². The molecular weight excluding hydrogens is 228 g/mol. The molecule has 0 fully saturated rings. The van der Waals surface area contributed by atoms with Gasteiger partial charge in [0.2, 0.25) is 0 Å². The number of hydrogen-bond acceptors (Lipinski definition) is 6. The SMILES string of the molecule is COC(=O)Cn1c(CCO)cnc(OC)c1=O. The van der Waals surface area contributed by atoms with Crippen molar-refractivity contribution in [3.05, 3.63) is 22.2 Å². The van der Waals surface area contributed by atoms with Gasteiger partial charge in [-0.1, -0.05) is 0 Å². The monoisotopic (exact) mass is 242 g/mol. The first-order valence-corrected chi connectivity index (χ1v) is 4.94.